The van der Waals surface area contributed by atoms with Crippen LogP contribution in [0.25, 0.3) is 10.9 Å². The lowest BCUT2D eigenvalue weighted by atomic mass is 9.91. The van der Waals surface area contributed by atoms with E-state index in [9.17, 15) is 9.59 Å². The number of aryl methyl sites for hydroxylation is 1. The summed E-state index contributed by atoms with van der Waals surface area (Å²) in [5.74, 6) is 0.275. The molecule has 2 amide bonds. The van der Waals surface area contributed by atoms with E-state index in [-0.39, 0.29) is 24.3 Å². The summed E-state index contributed by atoms with van der Waals surface area (Å²) in [5.41, 5.74) is 4.87. The fraction of sp³-hybridized carbons (Fsp3) is 0.185. The molecular weight excluding hydrogens is 450 g/mol. The maximum atomic E-state index is 12.7. The fourth-order valence-electron chi connectivity index (χ4n) is 4.39. The van der Waals surface area contributed by atoms with Crippen LogP contribution in [0.2, 0.25) is 5.02 Å². The van der Waals surface area contributed by atoms with Gasteiger partial charge in [-0.05, 0) is 53.4 Å². The zero-order chi connectivity index (χ0) is 23.5. The number of para-hydroxylation sites is 1. The van der Waals surface area contributed by atoms with Crippen molar-refractivity contribution in [2.75, 3.05) is 18.5 Å². The second kappa shape index (κ2) is 9.61. The van der Waals surface area contributed by atoms with Crippen LogP contribution in [-0.2, 0) is 16.0 Å². The van der Waals surface area contributed by atoms with Crippen molar-refractivity contribution >= 4 is 40.0 Å². The van der Waals surface area contributed by atoms with E-state index in [0.717, 1.165) is 33.3 Å². The van der Waals surface area contributed by atoms with Gasteiger partial charge in [0.15, 0.2) is 6.61 Å². The number of amides is 2. The SMILES string of the molecule is O=C(COc1ccc2c(c1)CCC(=O)N2)NCC(c1ccccc1Cl)c1c[nH]c2ccccc12. The Hall–Kier alpha value is -3.77. The van der Waals surface area contributed by atoms with Crippen LogP contribution in [0, 0.1) is 0 Å². The Morgan fingerprint density at radius 3 is 2.74 bits per heavy atom. The van der Waals surface area contributed by atoms with Gasteiger partial charge < -0.3 is 20.4 Å². The van der Waals surface area contributed by atoms with Gasteiger partial charge in [0, 0.05) is 46.7 Å². The molecule has 34 heavy (non-hydrogen) atoms. The van der Waals surface area contributed by atoms with Crippen LogP contribution < -0.4 is 15.4 Å². The van der Waals surface area contributed by atoms with Crippen molar-refractivity contribution in [1.29, 1.82) is 0 Å². The Kier molecular flexibility index (Phi) is 6.23. The summed E-state index contributed by atoms with van der Waals surface area (Å²) in [5, 5.41) is 7.60. The van der Waals surface area contributed by atoms with Crippen LogP contribution in [0.4, 0.5) is 5.69 Å². The number of carbonyl (C=O) groups is 2. The maximum Gasteiger partial charge on any atom is 0.257 e. The van der Waals surface area contributed by atoms with Gasteiger partial charge in [-0.25, -0.2) is 0 Å². The summed E-state index contributed by atoms with van der Waals surface area (Å²) in [6.07, 6.45) is 3.09. The van der Waals surface area contributed by atoms with E-state index in [1.165, 1.54) is 0 Å². The number of aromatic nitrogens is 1. The van der Waals surface area contributed by atoms with E-state index < -0.39 is 0 Å². The van der Waals surface area contributed by atoms with Crippen LogP contribution >= 0.6 is 11.6 Å². The van der Waals surface area contributed by atoms with Gasteiger partial charge in [0.1, 0.15) is 5.75 Å². The lowest BCUT2D eigenvalue weighted by Gasteiger charge is -2.20. The minimum Gasteiger partial charge on any atom is -0.484 e. The third-order valence-electron chi connectivity index (χ3n) is 6.12. The number of aromatic amines is 1. The average Bonchev–Trinajstić information content (AvgIpc) is 3.28. The molecule has 1 unspecified atom stereocenters. The first-order chi connectivity index (χ1) is 16.6. The minimum atomic E-state index is -0.220. The van der Waals surface area contributed by atoms with E-state index in [0.29, 0.717) is 30.2 Å². The molecule has 0 bridgehead atoms. The molecule has 6 nitrogen and oxygen atoms in total. The lowest BCUT2D eigenvalue weighted by molar-refractivity contribution is -0.123. The normalized spacial score (nSPS) is 13.7. The molecule has 0 spiro atoms. The van der Waals surface area contributed by atoms with Crippen LogP contribution in [-0.4, -0.2) is 29.9 Å². The van der Waals surface area contributed by atoms with Crippen molar-refractivity contribution in [2.45, 2.75) is 18.8 Å². The zero-order valence-corrected chi connectivity index (χ0v) is 19.2. The van der Waals surface area contributed by atoms with Gasteiger partial charge in [0.05, 0.1) is 0 Å². The highest BCUT2D eigenvalue weighted by molar-refractivity contribution is 6.31. The van der Waals surface area contributed by atoms with Crippen molar-refractivity contribution in [3.05, 3.63) is 94.6 Å². The number of fused-ring (bicyclic) bond motifs is 2. The Balaban J connectivity index is 1.28. The standard InChI is InChI=1S/C27H24ClN3O3/c28-23-7-3-1-5-19(23)21(22-14-29-25-8-4-2-6-20(22)25)15-30-27(33)16-34-18-10-11-24-17(13-18)9-12-26(32)31-24/h1-8,10-11,13-14,21,29H,9,12,15-16H2,(H,30,33)(H,31,32). The number of halogens is 1. The Labute approximate surface area is 202 Å². The molecule has 172 valence electrons. The molecule has 1 atom stereocenters. The number of ether oxygens (including phenoxy) is 1. The summed E-state index contributed by atoms with van der Waals surface area (Å²) < 4.78 is 5.73. The molecule has 0 aliphatic carbocycles. The topological polar surface area (TPSA) is 83.2 Å². The summed E-state index contributed by atoms with van der Waals surface area (Å²) in [6.45, 7) is 0.276. The Morgan fingerprint density at radius 1 is 1.03 bits per heavy atom. The summed E-state index contributed by atoms with van der Waals surface area (Å²) in [4.78, 5) is 27.5. The quantitative estimate of drug-likeness (QED) is 0.352. The summed E-state index contributed by atoms with van der Waals surface area (Å²) >= 11 is 6.54. The van der Waals surface area contributed by atoms with Gasteiger partial charge in [-0.1, -0.05) is 48.0 Å². The predicted octanol–water partition coefficient (Wildman–Crippen LogP) is 5.03. The molecule has 1 aliphatic heterocycles. The molecule has 3 aromatic carbocycles. The fourth-order valence-corrected chi connectivity index (χ4v) is 4.66. The van der Waals surface area contributed by atoms with Crippen LogP contribution in [0.5, 0.6) is 5.75 Å². The van der Waals surface area contributed by atoms with Gasteiger partial charge in [0.25, 0.3) is 5.91 Å². The number of anilines is 1. The first-order valence-electron chi connectivity index (χ1n) is 11.2. The number of hydrogen-bond acceptors (Lipinski definition) is 3. The van der Waals surface area contributed by atoms with Crippen molar-refractivity contribution in [2.24, 2.45) is 0 Å². The molecule has 3 N–H and O–H groups in total. The molecule has 7 heteroatoms. The molecule has 0 radical (unpaired) electrons. The smallest absolute Gasteiger partial charge is 0.257 e. The molecular formula is C27H24ClN3O3. The zero-order valence-electron chi connectivity index (χ0n) is 18.4. The number of carbonyl (C=O) groups excluding carboxylic acids is 2. The largest absolute Gasteiger partial charge is 0.484 e. The maximum absolute atomic E-state index is 12.7. The highest BCUT2D eigenvalue weighted by Gasteiger charge is 2.21. The van der Waals surface area contributed by atoms with E-state index in [1.54, 1.807) is 6.07 Å². The van der Waals surface area contributed by atoms with Crippen molar-refractivity contribution in [1.82, 2.24) is 10.3 Å². The first-order valence-corrected chi connectivity index (χ1v) is 11.6. The van der Waals surface area contributed by atoms with E-state index in [1.807, 2.05) is 60.8 Å². The van der Waals surface area contributed by atoms with E-state index >= 15 is 0 Å². The number of rotatable bonds is 7. The third-order valence-corrected chi connectivity index (χ3v) is 6.47. The van der Waals surface area contributed by atoms with Gasteiger partial charge in [-0.2, -0.15) is 0 Å². The van der Waals surface area contributed by atoms with Gasteiger partial charge >= 0.3 is 0 Å². The number of benzene rings is 3. The van der Waals surface area contributed by atoms with Gasteiger partial charge in [-0.3, -0.25) is 9.59 Å². The van der Waals surface area contributed by atoms with Crippen molar-refractivity contribution in [3.63, 3.8) is 0 Å². The third kappa shape index (κ3) is 4.63. The van der Waals surface area contributed by atoms with Crippen LogP contribution in [0.1, 0.15) is 29.0 Å². The second-order valence-electron chi connectivity index (χ2n) is 8.32. The average molecular weight is 474 g/mol. The van der Waals surface area contributed by atoms with Crippen LogP contribution in [0.15, 0.2) is 72.9 Å². The molecule has 5 rings (SSSR count). The first kappa shape index (κ1) is 22.0. The number of H-pyrrole nitrogens is 1. The van der Waals surface area contributed by atoms with Crippen molar-refractivity contribution < 1.29 is 14.3 Å². The highest BCUT2D eigenvalue weighted by atomic mass is 35.5. The summed E-state index contributed by atoms with van der Waals surface area (Å²) in [6, 6.07) is 21.2. The monoisotopic (exact) mass is 473 g/mol. The lowest BCUT2D eigenvalue weighted by Crippen LogP contribution is -2.33. The Bertz CT molecular complexity index is 1360. The molecule has 0 saturated carbocycles. The molecule has 1 aliphatic rings. The summed E-state index contributed by atoms with van der Waals surface area (Å²) in [7, 11) is 0. The molecule has 4 aromatic rings. The number of nitrogens with one attached hydrogen (secondary N) is 3. The van der Waals surface area contributed by atoms with Gasteiger partial charge in [-0.15, -0.1) is 0 Å². The van der Waals surface area contributed by atoms with Gasteiger partial charge in [0.2, 0.25) is 5.91 Å². The molecule has 2 heterocycles. The minimum absolute atomic E-state index is 0.0174. The van der Waals surface area contributed by atoms with Crippen LogP contribution in [0.3, 0.4) is 0 Å². The van der Waals surface area contributed by atoms with E-state index in [2.05, 4.69) is 21.7 Å². The second-order valence-corrected chi connectivity index (χ2v) is 8.73. The Morgan fingerprint density at radius 2 is 1.85 bits per heavy atom. The van der Waals surface area contributed by atoms with Crippen molar-refractivity contribution in [3.8, 4) is 5.75 Å². The van der Waals surface area contributed by atoms with E-state index in [4.69, 9.17) is 16.3 Å². The highest BCUT2D eigenvalue weighted by Crippen LogP contribution is 2.34. The molecule has 0 fully saturated rings. The predicted molar refractivity (Wildman–Crippen MR) is 133 cm³/mol. The molecule has 0 saturated heterocycles. The molecule has 1 aromatic heterocycles. The number of hydrogen-bond donors (Lipinski definition) is 3.